The number of carbonyl (C=O) groups excluding carboxylic acids is 1. The number of unbranched alkanes of at least 4 members (excludes halogenated alkanes) is 4. The smallest absolute Gasteiger partial charge is 0.303 e. The van der Waals surface area contributed by atoms with Gasteiger partial charge in [-0.3, -0.25) is 4.79 Å². The molecule has 0 radical (unpaired) electrons. The summed E-state index contributed by atoms with van der Waals surface area (Å²) in [6.07, 6.45) is 7.01. The zero-order valence-corrected chi connectivity index (χ0v) is 11.5. The van der Waals surface area contributed by atoms with Crippen LogP contribution < -0.4 is 0 Å². The van der Waals surface area contributed by atoms with Crippen LogP contribution in [-0.4, -0.2) is 5.97 Å². The summed E-state index contributed by atoms with van der Waals surface area (Å²) in [5.74, 6) is -0.197. The Morgan fingerprint density at radius 1 is 1.11 bits per heavy atom. The lowest BCUT2D eigenvalue weighted by molar-refractivity contribution is -0.147. The van der Waals surface area contributed by atoms with Crippen LogP contribution in [0.1, 0.15) is 64.0 Å². The number of rotatable bonds is 8. The second-order valence-corrected chi connectivity index (χ2v) is 4.71. The van der Waals surface area contributed by atoms with Crippen molar-refractivity contribution in [2.24, 2.45) is 0 Å². The Morgan fingerprint density at radius 2 is 1.78 bits per heavy atom. The molecule has 1 rings (SSSR count). The highest BCUT2D eigenvalue weighted by Gasteiger charge is 2.13. The Balaban J connectivity index is 2.44. The van der Waals surface area contributed by atoms with Gasteiger partial charge in [0.25, 0.3) is 0 Å². The first-order valence-electron chi connectivity index (χ1n) is 6.96. The SMILES string of the molecule is CCCCCCCC(OC(C)=O)c1ccccc1. The van der Waals surface area contributed by atoms with Crippen LogP contribution in [0.4, 0.5) is 0 Å². The first-order chi connectivity index (χ1) is 8.74. The highest BCUT2D eigenvalue weighted by Crippen LogP contribution is 2.24. The maximum atomic E-state index is 11.1. The van der Waals surface area contributed by atoms with Crippen molar-refractivity contribution in [2.75, 3.05) is 0 Å². The minimum atomic E-state index is -0.197. The lowest BCUT2D eigenvalue weighted by Gasteiger charge is -2.17. The molecule has 1 aromatic carbocycles. The van der Waals surface area contributed by atoms with Crippen molar-refractivity contribution in [3.8, 4) is 0 Å². The normalized spacial score (nSPS) is 12.1. The van der Waals surface area contributed by atoms with E-state index in [2.05, 4.69) is 6.92 Å². The summed E-state index contributed by atoms with van der Waals surface area (Å²) in [7, 11) is 0. The van der Waals surface area contributed by atoms with E-state index >= 15 is 0 Å². The van der Waals surface area contributed by atoms with Gasteiger partial charge >= 0.3 is 5.97 Å². The molecule has 0 aliphatic carbocycles. The first kappa shape index (κ1) is 14.7. The molecule has 0 saturated heterocycles. The quantitative estimate of drug-likeness (QED) is 0.494. The van der Waals surface area contributed by atoms with Crippen LogP contribution in [-0.2, 0) is 9.53 Å². The third-order valence-corrected chi connectivity index (χ3v) is 3.05. The average Bonchev–Trinajstić information content (AvgIpc) is 2.38. The molecule has 18 heavy (non-hydrogen) atoms. The highest BCUT2D eigenvalue weighted by molar-refractivity contribution is 5.66. The number of hydrogen-bond acceptors (Lipinski definition) is 2. The van der Waals surface area contributed by atoms with Crippen molar-refractivity contribution in [3.63, 3.8) is 0 Å². The molecule has 0 aliphatic heterocycles. The molecule has 2 nitrogen and oxygen atoms in total. The molecule has 0 spiro atoms. The average molecular weight is 248 g/mol. The van der Waals surface area contributed by atoms with E-state index in [1.165, 1.54) is 32.6 Å². The van der Waals surface area contributed by atoms with E-state index in [0.29, 0.717) is 0 Å². The van der Waals surface area contributed by atoms with Gasteiger partial charge in [0.15, 0.2) is 0 Å². The Bertz CT molecular complexity index is 332. The molecule has 0 amide bonds. The van der Waals surface area contributed by atoms with E-state index in [9.17, 15) is 4.79 Å². The van der Waals surface area contributed by atoms with Crippen LogP contribution in [0.3, 0.4) is 0 Å². The van der Waals surface area contributed by atoms with Gasteiger partial charge in [0.05, 0.1) is 0 Å². The van der Waals surface area contributed by atoms with E-state index in [1.54, 1.807) is 0 Å². The lowest BCUT2D eigenvalue weighted by Crippen LogP contribution is -2.08. The largest absolute Gasteiger partial charge is 0.458 e. The van der Waals surface area contributed by atoms with E-state index < -0.39 is 0 Å². The first-order valence-corrected chi connectivity index (χ1v) is 6.96. The monoisotopic (exact) mass is 248 g/mol. The fourth-order valence-corrected chi connectivity index (χ4v) is 2.09. The Hall–Kier alpha value is -1.31. The summed E-state index contributed by atoms with van der Waals surface area (Å²) in [6, 6.07) is 10.0. The van der Waals surface area contributed by atoms with Crippen molar-refractivity contribution in [2.45, 2.75) is 58.5 Å². The molecule has 0 saturated carbocycles. The van der Waals surface area contributed by atoms with Gasteiger partial charge in [0, 0.05) is 6.92 Å². The summed E-state index contributed by atoms with van der Waals surface area (Å²) in [5.41, 5.74) is 1.10. The van der Waals surface area contributed by atoms with Gasteiger partial charge in [0.2, 0.25) is 0 Å². The summed E-state index contributed by atoms with van der Waals surface area (Å²) in [6.45, 7) is 3.69. The van der Waals surface area contributed by atoms with E-state index in [-0.39, 0.29) is 12.1 Å². The Kier molecular flexibility index (Phi) is 7.16. The molecule has 1 atom stereocenters. The number of hydrogen-bond donors (Lipinski definition) is 0. The zero-order valence-electron chi connectivity index (χ0n) is 11.5. The molecular weight excluding hydrogens is 224 g/mol. The molecule has 1 aromatic rings. The molecule has 2 heteroatoms. The van der Waals surface area contributed by atoms with Gasteiger partial charge in [-0.2, -0.15) is 0 Å². The van der Waals surface area contributed by atoms with Crippen LogP contribution >= 0.6 is 0 Å². The van der Waals surface area contributed by atoms with Crippen molar-refractivity contribution in [1.82, 2.24) is 0 Å². The van der Waals surface area contributed by atoms with Gasteiger partial charge in [-0.05, 0) is 18.4 Å². The maximum absolute atomic E-state index is 11.1. The minimum absolute atomic E-state index is 0.0784. The van der Waals surface area contributed by atoms with Crippen LogP contribution in [0.5, 0.6) is 0 Å². The van der Waals surface area contributed by atoms with Gasteiger partial charge in [-0.15, -0.1) is 0 Å². The number of carbonyl (C=O) groups is 1. The predicted octanol–water partition coefficient (Wildman–Crippen LogP) is 4.65. The van der Waals surface area contributed by atoms with Gasteiger partial charge in [-0.25, -0.2) is 0 Å². The van der Waals surface area contributed by atoms with Gasteiger partial charge in [-0.1, -0.05) is 62.9 Å². The second-order valence-electron chi connectivity index (χ2n) is 4.71. The Morgan fingerprint density at radius 3 is 2.39 bits per heavy atom. The summed E-state index contributed by atoms with van der Waals surface area (Å²) < 4.78 is 5.40. The number of ether oxygens (including phenoxy) is 1. The zero-order chi connectivity index (χ0) is 13.2. The van der Waals surface area contributed by atoms with E-state index in [1.807, 2.05) is 30.3 Å². The van der Waals surface area contributed by atoms with Gasteiger partial charge < -0.3 is 4.74 Å². The molecule has 0 heterocycles. The molecule has 0 N–H and O–H groups in total. The van der Waals surface area contributed by atoms with Crippen molar-refractivity contribution >= 4 is 5.97 Å². The second kappa shape index (κ2) is 8.73. The summed E-state index contributed by atoms with van der Waals surface area (Å²) in [5, 5.41) is 0. The van der Waals surface area contributed by atoms with Crippen LogP contribution in [0, 0.1) is 0 Å². The van der Waals surface area contributed by atoms with Gasteiger partial charge in [0.1, 0.15) is 6.10 Å². The van der Waals surface area contributed by atoms with E-state index in [4.69, 9.17) is 4.74 Å². The van der Waals surface area contributed by atoms with Crippen LogP contribution in [0.2, 0.25) is 0 Å². The van der Waals surface area contributed by atoms with E-state index in [0.717, 1.165) is 18.4 Å². The Labute approximate surface area is 110 Å². The molecular formula is C16H24O2. The minimum Gasteiger partial charge on any atom is -0.458 e. The molecule has 0 fully saturated rings. The third-order valence-electron chi connectivity index (χ3n) is 3.05. The molecule has 1 unspecified atom stereocenters. The van der Waals surface area contributed by atoms with Crippen molar-refractivity contribution in [1.29, 1.82) is 0 Å². The topological polar surface area (TPSA) is 26.3 Å². The molecule has 0 aliphatic rings. The van der Waals surface area contributed by atoms with Crippen LogP contribution in [0.15, 0.2) is 30.3 Å². The maximum Gasteiger partial charge on any atom is 0.303 e. The molecule has 0 bridgehead atoms. The third kappa shape index (κ3) is 5.85. The number of benzene rings is 1. The van der Waals surface area contributed by atoms with Crippen molar-refractivity contribution < 1.29 is 9.53 Å². The molecule has 0 aromatic heterocycles. The highest BCUT2D eigenvalue weighted by atomic mass is 16.5. The fourth-order valence-electron chi connectivity index (χ4n) is 2.09. The predicted molar refractivity (Wildman–Crippen MR) is 74.3 cm³/mol. The molecule has 100 valence electrons. The lowest BCUT2D eigenvalue weighted by atomic mass is 10.0. The summed E-state index contributed by atoms with van der Waals surface area (Å²) >= 11 is 0. The van der Waals surface area contributed by atoms with Crippen molar-refractivity contribution in [3.05, 3.63) is 35.9 Å². The fraction of sp³-hybridized carbons (Fsp3) is 0.562. The summed E-state index contributed by atoms with van der Waals surface area (Å²) in [4.78, 5) is 11.1. The standard InChI is InChI=1S/C16H24O2/c1-3-4-5-6-10-13-16(18-14(2)17)15-11-8-7-9-12-15/h7-9,11-12,16H,3-6,10,13H2,1-2H3. The van der Waals surface area contributed by atoms with Crippen LogP contribution in [0.25, 0.3) is 0 Å². The number of esters is 1.